The molecule has 3 aromatic carbocycles. The second kappa shape index (κ2) is 15.1. The van der Waals surface area contributed by atoms with Crippen LogP contribution in [0.15, 0.2) is 79.4 Å². The monoisotopic (exact) mass is 504 g/mol. The van der Waals surface area contributed by atoms with Crippen LogP contribution in [0.4, 0.5) is 8.78 Å². The highest BCUT2D eigenvalue weighted by molar-refractivity contribution is 5.72. The van der Waals surface area contributed by atoms with Crippen LogP contribution in [0.2, 0.25) is 0 Å². The molecule has 0 radical (unpaired) electrons. The number of unbranched alkanes of at least 4 members (excludes halogenated alkanes) is 3. The number of benzene rings is 3. The molecule has 0 aliphatic heterocycles. The number of rotatable bonds is 15. The molecule has 0 aliphatic rings. The van der Waals surface area contributed by atoms with Gasteiger partial charge in [-0.1, -0.05) is 93.1 Å². The highest BCUT2D eigenvalue weighted by Gasteiger charge is 2.13. The first kappa shape index (κ1) is 28.3. The molecular formula is C33H38F2O2. The molecule has 196 valence electrons. The van der Waals surface area contributed by atoms with Crippen molar-refractivity contribution < 1.29 is 18.3 Å². The zero-order valence-corrected chi connectivity index (χ0v) is 22.0. The molecule has 0 saturated carbocycles. The Bertz CT molecular complexity index is 1130. The Labute approximate surface area is 220 Å². The van der Waals surface area contributed by atoms with Gasteiger partial charge >= 0.3 is 0 Å². The Morgan fingerprint density at radius 2 is 1.51 bits per heavy atom. The summed E-state index contributed by atoms with van der Waals surface area (Å²) in [5, 5.41) is 0. The summed E-state index contributed by atoms with van der Waals surface area (Å²) >= 11 is 0. The summed E-state index contributed by atoms with van der Waals surface area (Å²) in [5.41, 5.74) is 3.15. The average molecular weight is 505 g/mol. The Hall–Kier alpha value is -3.24. The van der Waals surface area contributed by atoms with E-state index in [1.165, 1.54) is 12.8 Å². The molecule has 0 amide bonds. The SMILES string of the molecule is C=CCOc1ccc(-c2ccc(-c3ccc(C=CCCCC(C)OCCCCC)c(F)c3F)cc2)cc1. The predicted molar refractivity (Wildman–Crippen MR) is 151 cm³/mol. The third-order valence-corrected chi connectivity index (χ3v) is 6.29. The molecule has 0 spiro atoms. The van der Waals surface area contributed by atoms with E-state index < -0.39 is 11.6 Å². The molecule has 0 aliphatic carbocycles. The highest BCUT2D eigenvalue weighted by atomic mass is 19.2. The van der Waals surface area contributed by atoms with Gasteiger partial charge in [0.15, 0.2) is 11.6 Å². The topological polar surface area (TPSA) is 18.5 Å². The Morgan fingerprint density at radius 1 is 0.838 bits per heavy atom. The molecule has 0 fully saturated rings. The Balaban J connectivity index is 1.56. The number of ether oxygens (including phenoxy) is 2. The van der Waals surface area contributed by atoms with E-state index >= 15 is 0 Å². The van der Waals surface area contributed by atoms with Crippen LogP contribution in [-0.4, -0.2) is 19.3 Å². The van der Waals surface area contributed by atoms with E-state index in [2.05, 4.69) is 20.4 Å². The second-order valence-electron chi connectivity index (χ2n) is 9.25. The summed E-state index contributed by atoms with van der Waals surface area (Å²) in [6, 6.07) is 18.5. The molecular weight excluding hydrogens is 466 g/mol. The van der Waals surface area contributed by atoms with Gasteiger partial charge in [-0.25, -0.2) is 8.78 Å². The largest absolute Gasteiger partial charge is 0.490 e. The van der Waals surface area contributed by atoms with Gasteiger partial charge in [-0.3, -0.25) is 0 Å². The van der Waals surface area contributed by atoms with Crippen molar-refractivity contribution >= 4 is 6.08 Å². The summed E-state index contributed by atoms with van der Waals surface area (Å²) in [6.45, 7) is 9.18. The normalized spacial score (nSPS) is 12.1. The molecule has 3 rings (SSSR count). The van der Waals surface area contributed by atoms with Crippen molar-refractivity contribution in [2.75, 3.05) is 13.2 Å². The lowest BCUT2D eigenvalue weighted by Crippen LogP contribution is -2.08. The number of allylic oxidation sites excluding steroid dienone is 1. The molecule has 1 unspecified atom stereocenters. The molecule has 37 heavy (non-hydrogen) atoms. The van der Waals surface area contributed by atoms with Crippen LogP contribution in [0.5, 0.6) is 5.75 Å². The minimum Gasteiger partial charge on any atom is -0.490 e. The molecule has 0 heterocycles. The first-order valence-corrected chi connectivity index (χ1v) is 13.2. The van der Waals surface area contributed by atoms with Crippen LogP contribution in [-0.2, 0) is 4.74 Å². The standard InChI is InChI=1S/C33H38F2O2/c1-4-6-10-24-36-25(3)11-8-7-9-12-29-19-22-31(33(35)32(29)34)28-15-13-26(14-16-28)27-17-20-30(21-18-27)37-23-5-2/h5,9,12-22,25H,2,4,6-8,10-11,23-24H2,1,3H3. The maximum Gasteiger partial charge on any atom is 0.167 e. The fraction of sp³-hybridized carbons (Fsp3) is 0.333. The van der Waals surface area contributed by atoms with Crippen LogP contribution in [0, 0.1) is 11.6 Å². The first-order chi connectivity index (χ1) is 18.0. The number of hydrogen-bond acceptors (Lipinski definition) is 2. The van der Waals surface area contributed by atoms with Crippen LogP contribution >= 0.6 is 0 Å². The summed E-state index contributed by atoms with van der Waals surface area (Å²) in [4.78, 5) is 0. The van der Waals surface area contributed by atoms with E-state index in [9.17, 15) is 8.78 Å². The van der Waals surface area contributed by atoms with Gasteiger partial charge in [0.25, 0.3) is 0 Å². The smallest absolute Gasteiger partial charge is 0.167 e. The van der Waals surface area contributed by atoms with Crippen molar-refractivity contribution in [2.24, 2.45) is 0 Å². The van der Waals surface area contributed by atoms with Crippen LogP contribution in [0.25, 0.3) is 28.3 Å². The second-order valence-corrected chi connectivity index (χ2v) is 9.25. The first-order valence-electron chi connectivity index (χ1n) is 13.2. The average Bonchev–Trinajstić information content (AvgIpc) is 2.92. The van der Waals surface area contributed by atoms with Crippen LogP contribution in [0.3, 0.4) is 0 Å². The lowest BCUT2D eigenvalue weighted by atomic mass is 9.98. The summed E-state index contributed by atoms with van der Waals surface area (Å²) in [7, 11) is 0. The third kappa shape index (κ3) is 8.68. The lowest BCUT2D eigenvalue weighted by molar-refractivity contribution is 0.0566. The van der Waals surface area contributed by atoms with Crippen molar-refractivity contribution in [3.63, 3.8) is 0 Å². The van der Waals surface area contributed by atoms with Crippen molar-refractivity contribution in [1.82, 2.24) is 0 Å². The van der Waals surface area contributed by atoms with Gasteiger partial charge in [-0.2, -0.15) is 0 Å². The van der Waals surface area contributed by atoms with Crippen molar-refractivity contribution in [3.05, 3.63) is 96.6 Å². The third-order valence-electron chi connectivity index (χ3n) is 6.29. The zero-order valence-electron chi connectivity index (χ0n) is 22.0. The van der Waals surface area contributed by atoms with Crippen molar-refractivity contribution in [3.8, 4) is 28.0 Å². The Kier molecular flexibility index (Phi) is 11.6. The van der Waals surface area contributed by atoms with Crippen molar-refractivity contribution in [1.29, 1.82) is 0 Å². The quantitative estimate of drug-likeness (QED) is 0.151. The van der Waals surface area contributed by atoms with E-state index in [1.807, 2.05) is 54.6 Å². The van der Waals surface area contributed by atoms with Gasteiger partial charge in [-0.05, 0) is 61.4 Å². The van der Waals surface area contributed by atoms with Gasteiger partial charge in [0.05, 0.1) is 6.10 Å². The van der Waals surface area contributed by atoms with Gasteiger partial charge in [0, 0.05) is 17.7 Å². The molecule has 3 aromatic rings. The fourth-order valence-corrected chi connectivity index (χ4v) is 4.11. The minimum atomic E-state index is -0.826. The van der Waals surface area contributed by atoms with E-state index in [-0.39, 0.29) is 17.2 Å². The maximum absolute atomic E-state index is 14.9. The van der Waals surface area contributed by atoms with E-state index in [4.69, 9.17) is 9.47 Å². The van der Waals surface area contributed by atoms with E-state index in [0.717, 1.165) is 49.2 Å². The summed E-state index contributed by atoms with van der Waals surface area (Å²) in [5.74, 6) is -0.873. The summed E-state index contributed by atoms with van der Waals surface area (Å²) < 4.78 is 41.0. The van der Waals surface area contributed by atoms with E-state index in [0.29, 0.717) is 12.2 Å². The predicted octanol–water partition coefficient (Wildman–Crippen LogP) is 9.64. The van der Waals surface area contributed by atoms with E-state index in [1.54, 1.807) is 24.3 Å². The molecule has 0 bridgehead atoms. The van der Waals surface area contributed by atoms with Crippen LogP contribution < -0.4 is 4.74 Å². The van der Waals surface area contributed by atoms with Crippen molar-refractivity contribution in [2.45, 2.75) is 58.5 Å². The zero-order chi connectivity index (χ0) is 26.5. The van der Waals surface area contributed by atoms with Gasteiger partial charge in [0.2, 0.25) is 0 Å². The maximum atomic E-state index is 14.9. The Morgan fingerprint density at radius 3 is 2.19 bits per heavy atom. The minimum absolute atomic E-state index is 0.223. The molecule has 0 aromatic heterocycles. The van der Waals surface area contributed by atoms with Gasteiger partial charge in [0.1, 0.15) is 12.4 Å². The molecule has 0 saturated heterocycles. The highest BCUT2D eigenvalue weighted by Crippen LogP contribution is 2.30. The van der Waals surface area contributed by atoms with Gasteiger partial charge in [-0.15, -0.1) is 0 Å². The molecule has 4 heteroatoms. The number of halogens is 2. The molecule has 2 nitrogen and oxygen atoms in total. The fourth-order valence-electron chi connectivity index (χ4n) is 4.11. The summed E-state index contributed by atoms with van der Waals surface area (Å²) in [6.07, 6.45) is 11.7. The van der Waals surface area contributed by atoms with Crippen LogP contribution in [0.1, 0.15) is 57.9 Å². The van der Waals surface area contributed by atoms with Gasteiger partial charge < -0.3 is 9.47 Å². The number of hydrogen-bond donors (Lipinski definition) is 0. The molecule has 0 N–H and O–H groups in total. The molecule has 1 atom stereocenters. The lowest BCUT2D eigenvalue weighted by Gasteiger charge is -2.12.